The van der Waals surface area contributed by atoms with Crippen molar-refractivity contribution < 1.29 is 4.74 Å². The normalized spacial score (nSPS) is 18.9. The zero-order valence-corrected chi connectivity index (χ0v) is 12.3. The first-order valence-electron chi connectivity index (χ1n) is 6.46. The predicted octanol–water partition coefficient (Wildman–Crippen LogP) is 3.95. The van der Waals surface area contributed by atoms with Gasteiger partial charge in [0.25, 0.3) is 0 Å². The fourth-order valence-corrected chi connectivity index (χ4v) is 3.23. The quantitative estimate of drug-likeness (QED) is 0.785. The first-order valence-corrected chi connectivity index (χ1v) is 7.37. The highest BCUT2D eigenvalue weighted by Gasteiger charge is 2.32. The van der Waals surface area contributed by atoms with Crippen molar-refractivity contribution in [2.24, 2.45) is 0 Å². The molecule has 0 aliphatic carbocycles. The summed E-state index contributed by atoms with van der Waals surface area (Å²) in [6.45, 7) is 3.80. The van der Waals surface area contributed by atoms with E-state index in [0.717, 1.165) is 42.9 Å². The van der Waals surface area contributed by atoms with E-state index in [1.165, 1.54) is 0 Å². The third-order valence-corrected chi connectivity index (χ3v) is 4.48. The van der Waals surface area contributed by atoms with Gasteiger partial charge in [-0.25, -0.2) is 4.98 Å². The maximum absolute atomic E-state index is 6.24. The molecule has 19 heavy (non-hydrogen) atoms. The third kappa shape index (κ3) is 2.14. The first kappa shape index (κ1) is 13.2. The minimum absolute atomic E-state index is 0.00189. The summed E-state index contributed by atoms with van der Waals surface area (Å²) in [4.78, 5) is 4.61. The summed E-state index contributed by atoms with van der Waals surface area (Å²) in [7, 11) is 0. The molecule has 0 atom stereocenters. The lowest BCUT2D eigenvalue weighted by atomic mass is 9.91. The average molecular weight is 299 g/mol. The molecule has 0 spiro atoms. The summed E-state index contributed by atoms with van der Waals surface area (Å²) < 4.78 is 7.73. The number of hydrogen-bond donors (Lipinski definition) is 0. The maximum atomic E-state index is 6.24. The molecule has 1 aromatic heterocycles. The number of aromatic nitrogens is 2. The van der Waals surface area contributed by atoms with E-state index in [1.807, 2.05) is 12.1 Å². The van der Waals surface area contributed by atoms with Crippen LogP contribution in [0.2, 0.25) is 5.02 Å². The van der Waals surface area contributed by atoms with Crippen molar-refractivity contribution in [1.82, 2.24) is 9.55 Å². The summed E-state index contributed by atoms with van der Waals surface area (Å²) in [5, 5.41) is 0.679. The van der Waals surface area contributed by atoms with Gasteiger partial charge in [-0.15, -0.1) is 11.6 Å². The lowest BCUT2D eigenvalue weighted by molar-refractivity contribution is 0.0303. The van der Waals surface area contributed by atoms with Gasteiger partial charge in [0.05, 0.1) is 16.4 Å². The van der Waals surface area contributed by atoms with Gasteiger partial charge in [-0.2, -0.15) is 0 Å². The van der Waals surface area contributed by atoms with Gasteiger partial charge in [0, 0.05) is 18.8 Å². The first-order chi connectivity index (χ1) is 9.15. The number of para-hydroxylation sites is 1. The van der Waals surface area contributed by atoms with E-state index in [9.17, 15) is 0 Å². The largest absolute Gasteiger partial charge is 0.381 e. The van der Waals surface area contributed by atoms with Crippen LogP contribution in [0.4, 0.5) is 0 Å². The number of alkyl halides is 1. The molecule has 2 aromatic rings. The third-order valence-electron chi connectivity index (χ3n) is 3.93. The fraction of sp³-hybridized carbons (Fsp3) is 0.500. The van der Waals surface area contributed by atoms with Crippen LogP contribution in [0, 0.1) is 0 Å². The Balaban J connectivity index is 2.23. The Bertz CT molecular complexity index is 603. The molecule has 1 aliphatic rings. The zero-order chi connectivity index (χ0) is 13.5. The second-order valence-electron chi connectivity index (χ2n) is 5.21. The van der Waals surface area contributed by atoms with Gasteiger partial charge in [0.1, 0.15) is 11.3 Å². The number of nitrogens with zero attached hydrogens (tertiary/aromatic N) is 2. The molecule has 1 aromatic carbocycles. The fourth-order valence-electron chi connectivity index (χ4n) is 2.84. The average Bonchev–Trinajstić information content (AvgIpc) is 2.80. The number of hydrogen-bond acceptors (Lipinski definition) is 2. The van der Waals surface area contributed by atoms with Crippen LogP contribution in [0.25, 0.3) is 11.0 Å². The Morgan fingerprint density at radius 1 is 1.37 bits per heavy atom. The molecule has 2 heterocycles. The standard InChI is InChI=1S/C14H16Cl2N2O/c1-14(5-7-19-8-6-14)18-11-4-2-3-10(16)13(11)17-12(18)9-15/h2-4H,5-9H2,1H3. The van der Waals surface area contributed by atoms with Crippen molar-refractivity contribution in [3.8, 4) is 0 Å². The topological polar surface area (TPSA) is 27.1 Å². The van der Waals surface area contributed by atoms with Crippen molar-refractivity contribution in [3.05, 3.63) is 29.0 Å². The number of fused-ring (bicyclic) bond motifs is 1. The summed E-state index contributed by atoms with van der Waals surface area (Å²) in [6, 6.07) is 5.89. The highest BCUT2D eigenvalue weighted by Crippen LogP contribution is 2.35. The van der Waals surface area contributed by atoms with Crippen LogP contribution < -0.4 is 0 Å². The van der Waals surface area contributed by atoms with E-state index in [4.69, 9.17) is 27.9 Å². The van der Waals surface area contributed by atoms with Crippen molar-refractivity contribution in [1.29, 1.82) is 0 Å². The Hall–Kier alpha value is -0.770. The van der Waals surface area contributed by atoms with Crippen LogP contribution in [0.5, 0.6) is 0 Å². The summed E-state index contributed by atoms with van der Waals surface area (Å²) in [5.74, 6) is 1.27. The van der Waals surface area contributed by atoms with Gasteiger partial charge in [0.2, 0.25) is 0 Å². The van der Waals surface area contributed by atoms with Crippen LogP contribution >= 0.6 is 23.2 Å². The maximum Gasteiger partial charge on any atom is 0.125 e. The highest BCUT2D eigenvalue weighted by molar-refractivity contribution is 6.35. The molecular formula is C14H16Cl2N2O. The summed E-state index contributed by atoms with van der Waals surface area (Å²) in [5.41, 5.74) is 1.90. The highest BCUT2D eigenvalue weighted by atomic mass is 35.5. The minimum Gasteiger partial charge on any atom is -0.381 e. The van der Waals surface area contributed by atoms with E-state index < -0.39 is 0 Å². The molecule has 0 unspecified atom stereocenters. The number of halogens is 2. The molecule has 3 nitrogen and oxygen atoms in total. The van der Waals surface area contributed by atoms with E-state index >= 15 is 0 Å². The molecule has 5 heteroatoms. The molecule has 0 saturated carbocycles. The predicted molar refractivity (Wildman–Crippen MR) is 78.0 cm³/mol. The molecule has 0 bridgehead atoms. The minimum atomic E-state index is 0.00189. The number of rotatable bonds is 2. The second kappa shape index (κ2) is 4.97. The van der Waals surface area contributed by atoms with Gasteiger partial charge in [-0.1, -0.05) is 17.7 Å². The Morgan fingerprint density at radius 3 is 2.79 bits per heavy atom. The summed E-state index contributed by atoms with van der Waals surface area (Å²) in [6.07, 6.45) is 1.93. The Kier molecular flexibility index (Phi) is 3.46. The number of benzene rings is 1. The van der Waals surface area contributed by atoms with Gasteiger partial charge < -0.3 is 9.30 Å². The van der Waals surface area contributed by atoms with Gasteiger partial charge in [-0.05, 0) is 31.9 Å². The lowest BCUT2D eigenvalue weighted by Crippen LogP contribution is -2.37. The van der Waals surface area contributed by atoms with Crippen LogP contribution in [0.3, 0.4) is 0 Å². The molecule has 1 saturated heterocycles. The van der Waals surface area contributed by atoms with E-state index in [0.29, 0.717) is 10.9 Å². The van der Waals surface area contributed by atoms with Crippen LogP contribution in [-0.2, 0) is 16.2 Å². The molecule has 102 valence electrons. The second-order valence-corrected chi connectivity index (χ2v) is 5.89. The van der Waals surface area contributed by atoms with Crippen LogP contribution in [0.1, 0.15) is 25.6 Å². The monoisotopic (exact) mass is 298 g/mol. The Labute approximate surface area is 122 Å². The molecule has 1 fully saturated rings. The molecule has 0 amide bonds. The van der Waals surface area contributed by atoms with Crippen molar-refractivity contribution >= 4 is 34.2 Å². The van der Waals surface area contributed by atoms with Crippen LogP contribution in [-0.4, -0.2) is 22.8 Å². The van der Waals surface area contributed by atoms with Crippen molar-refractivity contribution in [2.45, 2.75) is 31.2 Å². The van der Waals surface area contributed by atoms with Gasteiger partial charge in [0.15, 0.2) is 0 Å². The lowest BCUT2D eigenvalue weighted by Gasteiger charge is -2.36. The van der Waals surface area contributed by atoms with Crippen molar-refractivity contribution in [3.63, 3.8) is 0 Å². The molecule has 0 radical (unpaired) electrons. The SMILES string of the molecule is CC1(n2c(CCl)nc3c(Cl)cccc32)CCOCC1. The summed E-state index contributed by atoms with van der Waals surface area (Å²) >= 11 is 12.3. The molecule has 1 aliphatic heterocycles. The van der Waals surface area contributed by atoms with E-state index in [2.05, 4.69) is 22.5 Å². The molecule has 3 rings (SSSR count). The number of imidazole rings is 1. The van der Waals surface area contributed by atoms with Crippen molar-refractivity contribution in [2.75, 3.05) is 13.2 Å². The molecule has 0 N–H and O–H groups in total. The zero-order valence-electron chi connectivity index (χ0n) is 10.8. The van der Waals surface area contributed by atoms with Gasteiger partial charge >= 0.3 is 0 Å². The van der Waals surface area contributed by atoms with Crippen LogP contribution in [0.15, 0.2) is 18.2 Å². The number of ether oxygens (including phenoxy) is 1. The van der Waals surface area contributed by atoms with Gasteiger partial charge in [-0.3, -0.25) is 0 Å². The Morgan fingerprint density at radius 2 is 2.11 bits per heavy atom. The van der Waals surface area contributed by atoms with E-state index in [-0.39, 0.29) is 5.54 Å². The molecular weight excluding hydrogens is 283 g/mol. The van der Waals surface area contributed by atoms with E-state index in [1.54, 1.807) is 0 Å². The smallest absolute Gasteiger partial charge is 0.125 e.